The Balaban J connectivity index is 0.764. The Morgan fingerprint density at radius 2 is 0.989 bits per heavy atom. The third-order valence-electron chi connectivity index (χ3n) is 16.8. The molecule has 92 heavy (non-hydrogen) atoms. The van der Waals surface area contributed by atoms with E-state index in [1.165, 1.54) is 40.4 Å². The molecule has 8 heterocycles. The molecule has 0 saturated heterocycles. The van der Waals surface area contributed by atoms with Gasteiger partial charge in [0.1, 0.15) is 23.4 Å². The molecule has 0 N–H and O–H groups in total. The van der Waals surface area contributed by atoms with E-state index in [0.717, 1.165) is 45.8 Å². The molecule has 2 aliphatic heterocycles. The molecule has 0 aliphatic carbocycles. The zero-order valence-electron chi connectivity index (χ0n) is 48.4. The van der Waals surface area contributed by atoms with Crippen LogP contribution in [0.4, 0.5) is 26.3 Å². The van der Waals surface area contributed by atoms with Crippen molar-refractivity contribution in [2.45, 2.75) is 64.5 Å². The Kier molecular flexibility index (Phi) is 15.1. The molecule has 462 valence electrons. The summed E-state index contributed by atoms with van der Waals surface area (Å²) in [6.07, 6.45) is -1.66. The van der Waals surface area contributed by atoms with Crippen LogP contribution in [0.5, 0.6) is 0 Å². The lowest BCUT2D eigenvalue weighted by Gasteiger charge is -2.30. The summed E-state index contributed by atoms with van der Waals surface area (Å²) in [4.78, 5) is 65.4. The number of rotatable bonds is 12. The Bertz CT molecular complexity index is 5050. The Hall–Kier alpha value is -10.1. The minimum Gasteiger partial charge on any atom is -0.332 e. The largest absolute Gasteiger partial charge is 0.417 e. The van der Waals surface area contributed by atoms with Gasteiger partial charge in [0.25, 0.3) is 22.9 Å². The van der Waals surface area contributed by atoms with Crippen LogP contribution < -0.4 is 11.1 Å². The number of benzene rings is 6. The first-order valence-corrected chi connectivity index (χ1v) is 30.5. The number of halogens is 8. The number of carbonyl (C=O) groups is 2. The molecule has 2 aliphatic rings. The molecule has 14 rings (SSSR count). The average molecular weight is 1380 g/mol. The molecule has 0 saturated carbocycles. The van der Waals surface area contributed by atoms with Crippen LogP contribution in [0.25, 0.3) is 34.0 Å². The second kappa shape index (κ2) is 23.3. The van der Waals surface area contributed by atoms with Crippen LogP contribution >= 0.6 is 31.9 Å². The molecule has 6 aromatic carbocycles. The maximum atomic E-state index is 15.0. The zero-order valence-corrected chi connectivity index (χ0v) is 51.5. The Morgan fingerprint density at radius 3 is 1.48 bits per heavy atom. The van der Waals surface area contributed by atoms with E-state index in [2.05, 4.69) is 52.3 Å². The highest BCUT2D eigenvalue weighted by Gasteiger charge is 2.37. The average Bonchev–Trinajstić information content (AvgIpc) is 1.48. The van der Waals surface area contributed by atoms with Crippen molar-refractivity contribution >= 4 is 55.0 Å². The van der Waals surface area contributed by atoms with Crippen LogP contribution in [0.2, 0.25) is 0 Å². The van der Waals surface area contributed by atoms with Gasteiger partial charge in [0.05, 0.1) is 82.6 Å². The molecule has 0 unspecified atom stereocenters. The fourth-order valence-electron chi connectivity index (χ4n) is 12.3. The van der Waals surface area contributed by atoms with Crippen molar-refractivity contribution in [3.63, 3.8) is 0 Å². The summed E-state index contributed by atoms with van der Waals surface area (Å²) in [5.41, 5.74) is 7.07. The molecule has 0 fully saturated rings. The number of hydrogen-bond acceptors (Lipinski definition) is 10. The molecule has 0 atom stereocenters. The van der Waals surface area contributed by atoms with Crippen LogP contribution in [-0.2, 0) is 57.5 Å². The monoisotopic (exact) mass is 1370 g/mol. The van der Waals surface area contributed by atoms with Crippen LogP contribution in [-0.4, -0.2) is 92.8 Å². The highest BCUT2D eigenvalue weighted by Crippen LogP contribution is 2.38. The first-order valence-electron chi connectivity index (χ1n) is 28.9. The number of amides is 2. The standard InChI is InChI=1S/C66H48Br2F6N14O4/c1-38-32-76-80-85(38)48-16-12-46(13-17-48)84-60-45(34-78-88(60)57-36-82(25-23-51(57)64(84)92)62(90)43-11-21-55(68)53(31-43)66(72,73)74)28-40-8-5-9-41(26-40)29-58-75-37-79-86(58)49-18-14-47(15-19-49)83-59-44(27-39-6-3-2-4-7-39)33-77-87(59)56-35-81(24-22-50(56)63(83)91)61(89)42-10-20-54(67)52(30-42)65(69,70)71/h2-21,26,30-34,37H,22-25,27-29,35-36H2,1H3. The minimum absolute atomic E-state index is 0.0733. The fraction of sp³-hybridized carbons (Fsp3) is 0.182. The summed E-state index contributed by atoms with van der Waals surface area (Å²) >= 11 is 5.93. The quantitative estimate of drug-likeness (QED) is 0.107. The van der Waals surface area contributed by atoms with Crippen LogP contribution in [0.15, 0.2) is 183 Å². The van der Waals surface area contributed by atoms with Gasteiger partial charge in [0.2, 0.25) is 0 Å². The lowest BCUT2D eigenvalue weighted by molar-refractivity contribution is -0.139. The van der Waals surface area contributed by atoms with E-state index in [4.69, 9.17) is 10.2 Å². The normalized spacial score (nSPS) is 13.5. The van der Waals surface area contributed by atoms with E-state index in [1.54, 1.807) is 46.1 Å². The fourth-order valence-corrected chi connectivity index (χ4v) is 13.3. The lowest BCUT2D eigenvalue weighted by atomic mass is 10.0. The molecule has 6 aromatic heterocycles. The number of alkyl halides is 6. The second-order valence-corrected chi connectivity index (χ2v) is 24.2. The van der Waals surface area contributed by atoms with Crippen LogP contribution in [0.1, 0.15) is 93.7 Å². The van der Waals surface area contributed by atoms with Gasteiger partial charge >= 0.3 is 12.4 Å². The van der Waals surface area contributed by atoms with Gasteiger partial charge in [-0.2, -0.15) is 41.6 Å². The number of aryl methyl sites for hydroxylation is 1. The SMILES string of the molecule is Cc1cnnn1-c1ccc(-n2c(=O)c3c(n4ncc(Cc5cccc(Cc6ncnn6-c6ccc(-n7c(=O)c8c(n9ncc(Cc%10ccccc%10)c79)CN(C(=O)c7ccc(Br)c(C(F)(F)F)c7)CC8)cc6)c5)c24)CN(C(=O)c2ccc(Br)c(C(F)(F)F)c2)CC3)cc1. The van der Waals surface area contributed by atoms with Gasteiger partial charge in [0, 0.05) is 74.7 Å². The molecule has 2 amide bonds. The molecule has 18 nitrogen and oxygen atoms in total. The number of aromatic nitrogens is 12. The maximum absolute atomic E-state index is 15.0. The molecular formula is C66H48Br2F6N14O4. The number of fused-ring (bicyclic) bond motifs is 6. The first kappa shape index (κ1) is 59.5. The first-order chi connectivity index (χ1) is 44.2. The molecular weight excluding hydrogens is 1330 g/mol. The van der Waals surface area contributed by atoms with Gasteiger partial charge in [-0.15, -0.1) is 5.10 Å². The molecule has 12 aromatic rings. The summed E-state index contributed by atoms with van der Waals surface area (Å²) in [7, 11) is 0. The van der Waals surface area contributed by atoms with Gasteiger partial charge in [-0.1, -0.05) is 91.7 Å². The van der Waals surface area contributed by atoms with Gasteiger partial charge < -0.3 is 9.80 Å². The third-order valence-corrected chi connectivity index (χ3v) is 18.2. The Morgan fingerprint density at radius 1 is 0.522 bits per heavy atom. The predicted octanol–water partition coefficient (Wildman–Crippen LogP) is 11.5. The summed E-state index contributed by atoms with van der Waals surface area (Å²) in [6.45, 7) is 1.85. The predicted molar refractivity (Wildman–Crippen MR) is 333 cm³/mol. The Labute approximate surface area is 534 Å². The van der Waals surface area contributed by atoms with E-state index >= 15 is 0 Å². The van der Waals surface area contributed by atoms with Crippen molar-refractivity contribution in [1.29, 1.82) is 0 Å². The van der Waals surface area contributed by atoms with E-state index in [-0.39, 0.29) is 70.2 Å². The highest BCUT2D eigenvalue weighted by molar-refractivity contribution is 9.10. The minimum atomic E-state index is -4.71. The zero-order chi connectivity index (χ0) is 63.9. The van der Waals surface area contributed by atoms with Crippen molar-refractivity contribution in [2.75, 3.05) is 13.1 Å². The van der Waals surface area contributed by atoms with Crippen molar-refractivity contribution in [1.82, 2.24) is 67.9 Å². The number of hydrogen-bond donors (Lipinski definition) is 0. The summed E-state index contributed by atoms with van der Waals surface area (Å²) in [5, 5.41) is 22.4. The van der Waals surface area contributed by atoms with Gasteiger partial charge in [-0.3, -0.25) is 28.3 Å². The number of carbonyl (C=O) groups excluding carboxylic acids is 2. The second-order valence-electron chi connectivity index (χ2n) is 22.5. The molecule has 0 spiro atoms. The summed E-state index contributed by atoms with van der Waals surface area (Å²) < 4.78 is 93.3. The van der Waals surface area contributed by atoms with Crippen molar-refractivity contribution in [2.24, 2.45) is 0 Å². The molecule has 0 bridgehead atoms. The highest BCUT2D eigenvalue weighted by atomic mass is 79.9. The number of nitrogens with zero attached hydrogens (tertiary/aromatic N) is 14. The van der Waals surface area contributed by atoms with Gasteiger partial charge in [0.15, 0.2) is 0 Å². The van der Waals surface area contributed by atoms with Crippen LogP contribution in [0, 0.1) is 6.92 Å². The van der Waals surface area contributed by atoms with E-state index in [9.17, 15) is 45.5 Å². The van der Waals surface area contributed by atoms with E-state index < -0.39 is 35.3 Å². The van der Waals surface area contributed by atoms with Crippen molar-refractivity contribution in [3.8, 4) is 22.7 Å². The van der Waals surface area contributed by atoms with Crippen molar-refractivity contribution in [3.05, 3.63) is 278 Å². The van der Waals surface area contributed by atoms with E-state index in [0.29, 0.717) is 81.5 Å². The van der Waals surface area contributed by atoms with Crippen molar-refractivity contribution < 1.29 is 35.9 Å². The smallest absolute Gasteiger partial charge is 0.332 e. The topological polar surface area (TPSA) is 181 Å². The summed E-state index contributed by atoms with van der Waals surface area (Å²) in [5.74, 6) is -0.644. The molecule has 26 heteroatoms. The summed E-state index contributed by atoms with van der Waals surface area (Å²) in [6, 6.07) is 38.8. The van der Waals surface area contributed by atoms with Gasteiger partial charge in [-0.05, 0) is 121 Å². The van der Waals surface area contributed by atoms with Crippen LogP contribution in [0.3, 0.4) is 0 Å². The van der Waals surface area contributed by atoms with Gasteiger partial charge in [-0.25, -0.2) is 23.4 Å². The molecule has 0 radical (unpaired) electrons. The maximum Gasteiger partial charge on any atom is 0.417 e. The van der Waals surface area contributed by atoms with E-state index in [1.807, 2.05) is 110 Å². The third kappa shape index (κ3) is 10.9. The lowest BCUT2D eigenvalue weighted by Crippen LogP contribution is -2.41.